The minimum atomic E-state index is -0.631. The lowest BCUT2D eigenvalue weighted by Crippen LogP contribution is -2.38. The van der Waals surface area contributed by atoms with Gasteiger partial charge in [-0.2, -0.15) is 0 Å². The molecule has 1 atom stereocenters. The number of methoxy groups -OCH3 is 1. The van der Waals surface area contributed by atoms with Crippen LogP contribution in [0.25, 0.3) is 10.8 Å². The zero-order valence-corrected chi connectivity index (χ0v) is 15.0. The standard InChI is InChI=1S/C19H22N2O5/c1-12(19(24)26-11-18(23)21(2)10-17(20)22)13-4-5-15-9-16(25-3)7-6-14(15)8-13/h4-9,12H,10-11H2,1-3H3,(H2,20,22). The molecule has 138 valence electrons. The van der Waals surface area contributed by atoms with Crippen LogP contribution in [-0.2, 0) is 19.1 Å². The summed E-state index contributed by atoms with van der Waals surface area (Å²) in [4.78, 5) is 36.0. The van der Waals surface area contributed by atoms with Crippen LogP contribution in [0.5, 0.6) is 5.75 Å². The Bertz CT molecular complexity index is 834. The van der Waals surface area contributed by atoms with Gasteiger partial charge in [0.25, 0.3) is 5.91 Å². The maximum atomic E-state index is 12.2. The largest absolute Gasteiger partial charge is 0.497 e. The van der Waals surface area contributed by atoms with Gasteiger partial charge in [0.1, 0.15) is 5.75 Å². The van der Waals surface area contributed by atoms with Gasteiger partial charge in [-0.3, -0.25) is 14.4 Å². The number of hydrogen-bond acceptors (Lipinski definition) is 5. The van der Waals surface area contributed by atoms with E-state index in [9.17, 15) is 14.4 Å². The van der Waals surface area contributed by atoms with Crippen molar-refractivity contribution < 1.29 is 23.9 Å². The number of primary amides is 1. The number of hydrogen-bond donors (Lipinski definition) is 1. The first-order valence-electron chi connectivity index (χ1n) is 8.08. The number of amides is 2. The van der Waals surface area contributed by atoms with Gasteiger partial charge in [0.15, 0.2) is 6.61 Å². The van der Waals surface area contributed by atoms with Gasteiger partial charge in [0.05, 0.1) is 19.6 Å². The molecule has 0 heterocycles. The van der Waals surface area contributed by atoms with Gasteiger partial charge in [0, 0.05) is 7.05 Å². The Labute approximate surface area is 151 Å². The summed E-state index contributed by atoms with van der Waals surface area (Å²) in [5.74, 6) is -1.41. The number of nitrogens with two attached hydrogens (primary N) is 1. The molecule has 0 aliphatic carbocycles. The van der Waals surface area contributed by atoms with Gasteiger partial charge in [-0.05, 0) is 35.4 Å². The summed E-state index contributed by atoms with van der Waals surface area (Å²) in [6.45, 7) is 1.06. The molecule has 0 saturated heterocycles. The van der Waals surface area contributed by atoms with Crippen molar-refractivity contribution in [3.05, 3.63) is 42.0 Å². The van der Waals surface area contributed by atoms with Gasteiger partial charge in [-0.15, -0.1) is 0 Å². The Kier molecular flexibility index (Phi) is 6.16. The lowest BCUT2D eigenvalue weighted by atomic mass is 9.98. The van der Waals surface area contributed by atoms with Gasteiger partial charge in [-0.25, -0.2) is 0 Å². The minimum Gasteiger partial charge on any atom is -0.497 e. The van der Waals surface area contributed by atoms with E-state index in [1.807, 2.05) is 36.4 Å². The number of esters is 1. The third kappa shape index (κ3) is 4.72. The first-order chi connectivity index (χ1) is 12.3. The number of benzene rings is 2. The van der Waals surface area contributed by atoms with E-state index in [1.54, 1.807) is 14.0 Å². The second-order valence-electron chi connectivity index (χ2n) is 6.02. The highest BCUT2D eigenvalue weighted by Crippen LogP contribution is 2.25. The monoisotopic (exact) mass is 358 g/mol. The first-order valence-corrected chi connectivity index (χ1v) is 8.08. The van der Waals surface area contributed by atoms with Crippen LogP contribution in [0.4, 0.5) is 0 Å². The summed E-state index contributed by atoms with van der Waals surface area (Å²) in [5, 5.41) is 1.97. The summed E-state index contributed by atoms with van der Waals surface area (Å²) in [7, 11) is 3.03. The van der Waals surface area contributed by atoms with E-state index in [-0.39, 0.29) is 6.54 Å². The number of carbonyl (C=O) groups is 3. The van der Waals surface area contributed by atoms with E-state index in [4.69, 9.17) is 15.2 Å². The van der Waals surface area contributed by atoms with Gasteiger partial charge >= 0.3 is 5.97 Å². The molecular weight excluding hydrogens is 336 g/mol. The van der Waals surface area contributed by atoms with E-state index in [1.165, 1.54) is 7.05 Å². The van der Waals surface area contributed by atoms with E-state index >= 15 is 0 Å². The first kappa shape index (κ1) is 19.2. The molecule has 7 heteroatoms. The quantitative estimate of drug-likeness (QED) is 0.755. The highest BCUT2D eigenvalue weighted by atomic mass is 16.5. The van der Waals surface area contributed by atoms with Crippen LogP contribution in [0.3, 0.4) is 0 Å². The molecule has 0 bridgehead atoms. The fourth-order valence-corrected chi connectivity index (χ4v) is 2.46. The number of nitrogens with zero attached hydrogens (tertiary/aromatic N) is 1. The Morgan fingerprint density at radius 2 is 1.77 bits per heavy atom. The van der Waals surface area contributed by atoms with Gasteiger partial charge in [-0.1, -0.05) is 24.3 Å². The fraction of sp³-hybridized carbons (Fsp3) is 0.316. The molecular formula is C19H22N2O5. The fourth-order valence-electron chi connectivity index (χ4n) is 2.46. The number of carbonyl (C=O) groups excluding carboxylic acids is 3. The van der Waals surface area contributed by atoms with Crippen molar-refractivity contribution in [2.24, 2.45) is 5.73 Å². The predicted molar refractivity (Wildman–Crippen MR) is 96.7 cm³/mol. The number of rotatable bonds is 7. The van der Waals surface area contributed by atoms with Crippen molar-refractivity contribution in [3.8, 4) is 5.75 Å². The van der Waals surface area contributed by atoms with Crippen LogP contribution in [0.2, 0.25) is 0 Å². The topological polar surface area (TPSA) is 98.9 Å². The molecule has 0 aliphatic rings. The van der Waals surface area contributed by atoms with Crippen molar-refractivity contribution in [3.63, 3.8) is 0 Å². The zero-order valence-electron chi connectivity index (χ0n) is 15.0. The van der Waals surface area contributed by atoms with Crippen molar-refractivity contribution >= 4 is 28.6 Å². The van der Waals surface area contributed by atoms with Crippen molar-refractivity contribution in [1.29, 1.82) is 0 Å². The van der Waals surface area contributed by atoms with Crippen LogP contribution < -0.4 is 10.5 Å². The summed E-state index contributed by atoms with van der Waals surface area (Å²) >= 11 is 0. The molecule has 2 rings (SSSR count). The molecule has 0 aliphatic heterocycles. The zero-order chi connectivity index (χ0) is 19.3. The molecule has 0 radical (unpaired) electrons. The maximum absolute atomic E-state index is 12.2. The normalized spacial score (nSPS) is 11.7. The molecule has 2 amide bonds. The number of likely N-dealkylation sites (N-methyl/N-ethyl adjacent to an activating group) is 1. The Morgan fingerprint density at radius 3 is 2.42 bits per heavy atom. The SMILES string of the molecule is COc1ccc2cc(C(C)C(=O)OCC(=O)N(C)CC(N)=O)ccc2c1. The summed E-state index contributed by atoms with van der Waals surface area (Å²) in [5.41, 5.74) is 5.81. The maximum Gasteiger partial charge on any atom is 0.313 e. The summed E-state index contributed by atoms with van der Waals surface area (Å²) < 4.78 is 10.3. The Hall–Kier alpha value is -3.09. The molecule has 7 nitrogen and oxygen atoms in total. The third-order valence-corrected chi connectivity index (χ3v) is 4.08. The minimum absolute atomic E-state index is 0.222. The lowest BCUT2D eigenvalue weighted by Gasteiger charge is -2.16. The highest BCUT2D eigenvalue weighted by molar-refractivity contribution is 5.88. The van der Waals surface area contributed by atoms with Crippen LogP contribution >= 0.6 is 0 Å². The predicted octanol–water partition coefficient (Wildman–Crippen LogP) is 1.44. The van der Waals surface area contributed by atoms with Crippen LogP contribution in [0, 0.1) is 0 Å². The van der Waals surface area contributed by atoms with Gasteiger partial charge < -0.3 is 20.1 Å². The number of ether oxygens (including phenoxy) is 2. The van der Waals surface area contributed by atoms with Crippen molar-refractivity contribution in [2.45, 2.75) is 12.8 Å². The number of fused-ring (bicyclic) bond motifs is 1. The molecule has 0 spiro atoms. The van der Waals surface area contributed by atoms with Crippen LogP contribution in [-0.4, -0.2) is 50.0 Å². The molecule has 26 heavy (non-hydrogen) atoms. The second kappa shape index (κ2) is 8.33. The average molecular weight is 358 g/mol. The van der Waals surface area contributed by atoms with Crippen molar-refractivity contribution in [2.75, 3.05) is 27.3 Å². The molecule has 0 saturated carbocycles. The molecule has 1 unspecified atom stereocenters. The second-order valence-corrected chi connectivity index (χ2v) is 6.02. The van der Waals surface area contributed by atoms with Crippen molar-refractivity contribution in [1.82, 2.24) is 4.90 Å². The molecule has 2 N–H and O–H groups in total. The average Bonchev–Trinajstić information content (AvgIpc) is 2.63. The third-order valence-electron chi connectivity index (χ3n) is 4.08. The smallest absolute Gasteiger partial charge is 0.313 e. The summed E-state index contributed by atoms with van der Waals surface area (Å²) in [6.07, 6.45) is 0. The highest BCUT2D eigenvalue weighted by Gasteiger charge is 2.20. The molecule has 2 aromatic carbocycles. The molecule has 0 aromatic heterocycles. The van der Waals surface area contributed by atoms with E-state index in [2.05, 4.69) is 0 Å². The molecule has 2 aromatic rings. The molecule has 0 fully saturated rings. The summed E-state index contributed by atoms with van der Waals surface area (Å²) in [6, 6.07) is 11.3. The van der Waals surface area contributed by atoms with Crippen LogP contribution in [0.15, 0.2) is 36.4 Å². The lowest BCUT2D eigenvalue weighted by molar-refractivity contribution is -0.152. The van der Waals surface area contributed by atoms with E-state index in [0.29, 0.717) is 0 Å². The Balaban J connectivity index is 2.02. The van der Waals surface area contributed by atoms with E-state index in [0.717, 1.165) is 27.0 Å². The van der Waals surface area contributed by atoms with Crippen LogP contribution in [0.1, 0.15) is 18.4 Å². The Morgan fingerprint density at radius 1 is 1.12 bits per heavy atom. The van der Waals surface area contributed by atoms with E-state index < -0.39 is 30.3 Å². The van der Waals surface area contributed by atoms with Gasteiger partial charge in [0.2, 0.25) is 5.91 Å².